The molecule has 3 heteroatoms. The van der Waals surface area contributed by atoms with Crippen molar-refractivity contribution < 1.29 is 0 Å². The van der Waals surface area contributed by atoms with Gasteiger partial charge in [0.25, 0.3) is 0 Å². The van der Waals surface area contributed by atoms with Crippen LogP contribution in [0.1, 0.15) is 25.0 Å². The number of hydrogen-bond acceptors (Lipinski definition) is 3. The smallest absolute Gasteiger partial charge is 0.0618 e. The minimum atomic E-state index is 0.617. The molecule has 1 heterocycles. The average Bonchev–Trinajstić information content (AvgIpc) is 2.37. The van der Waals surface area contributed by atoms with Crippen molar-refractivity contribution in [3.63, 3.8) is 0 Å². The predicted molar refractivity (Wildman–Crippen MR) is 90.5 cm³/mol. The highest BCUT2D eigenvalue weighted by Crippen LogP contribution is 2.20. The van der Waals surface area contributed by atoms with Gasteiger partial charge in [-0.25, -0.2) is 0 Å². The summed E-state index contributed by atoms with van der Waals surface area (Å²) >= 11 is 0. The summed E-state index contributed by atoms with van der Waals surface area (Å²) in [6.45, 7) is 8.55. The zero-order chi connectivity index (χ0) is 15.4. The molecule has 0 atom stereocenters. The summed E-state index contributed by atoms with van der Waals surface area (Å²) in [5.41, 5.74) is 8.55. The van der Waals surface area contributed by atoms with Crippen LogP contribution in [0.3, 0.4) is 0 Å². The molecule has 2 rings (SSSR count). The maximum absolute atomic E-state index is 3.52. The lowest BCUT2D eigenvalue weighted by Crippen LogP contribution is -2.38. The van der Waals surface area contributed by atoms with Crippen LogP contribution >= 0.6 is 0 Å². The van der Waals surface area contributed by atoms with Gasteiger partial charge in [-0.15, -0.1) is 0 Å². The fourth-order valence-electron chi connectivity index (χ4n) is 2.47. The van der Waals surface area contributed by atoms with E-state index in [9.17, 15) is 0 Å². The van der Waals surface area contributed by atoms with Gasteiger partial charge in [-0.2, -0.15) is 0 Å². The zero-order valence-electron chi connectivity index (χ0n) is 13.9. The van der Waals surface area contributed by atoms with Crippen LogP contribution in [0.25, 0.3) is 5.70 Å². The molecule has 1 aliphatic heterocycles. The van der Waals surface area contributed by atoms with Crippen molar-refractivity contribution in [3.8, 4) is 0 Å². The van der Waals surface area contributed by atoms with E-state index in [4.69, 9.17) is 0 Å². The molecule has 21 heavy (non-hydrogen) atoms. The Morgan fingerprint density at radius 3 is 2.38 bits per heavy atom. The second-order valence-electron chi connectivity index (χ2n) is 6.52. The van der Waals surface area contributed by atoms with Crippen LogP contribution in [-0.2, 0) is 0 Å². The summed E-state index contributed by atoms with van der Waals surface area (Å²) in [5, 5.41) is 2.21. The highest BCUT2D eigenvalue weighted by molar-refractivity contribution is 5.67. The summed E-state index contributed by atoms with van der Waals surface area (Å²) in [6, 6.07) is 8.68. The topological polar surface area (TPSA) is 18.5 Å². The van der Waals surface area contributed by atoms with E-state index in [2.05, 4.69) is 86.7 Å². The predicted octanol–water partition coefficient (Wildman–Crippen LogP) is 3.26. The van der Waals surface area contributed by atoms with Crippen molar-refractivity contribution in [1.29, 1.82) is 0 Å². The zero-order valence-corrected chi connectivity index (χ0v) is 13.9. The van der Waals surface area contributed by atoms with Crippen molar-refractivity contribution in [1.82, 2.24) is 15.3 Å². The fraction of sp³-hybridized carbons (Fsp3) is 0.444. The van der Waals surface area contributed by atoms with Crippen LogP contribution in [-0.4, -0.2) is 37.1 Å². The molecule has 1 aromatic rings. The van der Waals surface area contributed by atoms with E-state index in [0.29, 0.717) is 5.92 Å². The molecule has 1 aliphatic rings. The van der Waals surface area contributed by atoms with Crippen LogP contribution in [0.15, 0.2) is 42.1 Å². The van der Waals surface area contributed by atoms with Crippen molar-refractivity contribution in [2.75, 3.05) is 27.2 Å². The van der Waals surface area contributed by atoms with Gasteiger partial charge >= 0.3 is 0 Å². The lowest BCUT2D eigenvalue weighted by molar-refractivity contribution is 0.279. The summed E-state index contributed by atoms with van der Waals surface area (Å²) in [7, 11) is 4.21. The van der Waals surface area contributed by atoms with E-state index in [0.717, 1.165) is 13.1 Å². The number of aryl methyl sites for hydroxylation is 1. The lowest BCUT2D eigenvalue weighted by atomic mass is 10.1. The summed E-state index contributed by atoms with van der Waals surface area (Å²) in [5.74, 6) is 0.617. The maximum atomic E-state index is 3.52. The van der Waals surface area contributed by atoms with Crippen LogP contribution in [0.2, 0.25) is 0 Å². The Bertz CT molecular complexity index is 524. The third-order valence-corrected chi connectivity index (χ3v) is 3.34. The molecule has 0 aromatic heterocycles. The normalized spacial score (nSPS) is 15.1. The van der Waals surface area contributed by atoms with Gasteiger partial charge in [-0.05, 0) is 44.1 Å². The van der Waals surface area contributed by atoms with E-state index in [1.54, 1.807) is 0 Å². The highest BCUT2D eigenvalue weighted by atomic mass is 15.5. The third kappa shape index (κ3) is 4.64. The lowest BCUT2D eigenvalue weighted by Gasteiger charge is -2.31. The number of likely N-dealkylation sites (N-methyl/N-ethyl adjacent to an activating group) is 1. The van der Waals surface area contributed by atoms with E-state index in [1.807, 2.05) is 0 Å². The van der Waals surface area contributed by atoms with Crippen LogP contribution < -0.4 is 5.43 Å². The molecule has 0 bridgehead atoms. The monoisotopic (exact) mass is 285 g/mol. The van der Waals surface area contributed by atoms with E-state index >= 15 is 0 Å². The maximum Gasteiger partial charge on any atom is 0.0618 e. The van der Waals surface area contributed by atoms with Gasteiger partial charge in [-0.1, -0.05) is 43.7 Å². The minimum absolute atomic E-state index is 0.617. The van der Waals surface area contributed by atoms with Crippen molar-refractivity contribution in [2.45, 2.75) is 20.8 Å². The standard InChI is InChI=1S/C18H27N3/c1-14(2)11-21-13-16(12-20(4)5)10-18(19-21)17-8-6-15(3)7-9-17/h6-10,13-14,19H,11-12H2,1-5H3. The van der Waals surface area contributed by atoms with Crippen molar-refractivity contribution in [3.05, 3.63) is 53.2 Å². The van der Waals surface area contributed by atoms with E-state index in [1.165, 1.54) is 22.4 Å². The molecule has 3 nitrogen and oxygen atoms in total. The SMILES string of the molecule is Cc1ccc(C2=CC(CN(C)C)=CN(CC(C)C)N2)cc1. The van der Waals surface area contributed by atoms with Crippen LogP contribution in [0.5, 0.6) is 0 Å². The molecule has 0 aliphatic carbocycles. The largest absolute Gasteiger partial charge is 0.305 e. The van der Waals surface area contributed by atoms with E-state index in [-0.39, 0.29) is 0 Å². The first kappa shape index (κ1) is 15.6. The van der Waals surface area contributed by atoms with Gasteiger partial charge in [-0.3, -0.25) is 10.4 Å². The Morgan fingerprint density at radius 2 is 1.81 bits per heavy atom. The molecule has 1 N–H and O–H groups in total. The molecule has 0 amide bonds. The van der Waals surface area contributed by atoms with E-state index < -0.39 is 0 Å². The number of hydrogen-bond donors (Lipinski definition) is 1. The quantitative estimate of drug-likeness (QED) is 0.896. The Labute approximate surface area is 128 Å². The second kappa shape index (κ2) is 6.81. The van der Waals surface area contributed by atoms with Crippen molar-refractivity contribution >= 4 is 5.70 Å². The molecule has 0 spiro atoms. The molecule has 0 fully saturated rings. The summed E-state index contributed by atoms with van der Waals surface area (Å²) < 4.78 is 0. The number of nitrogens with zero attached hydrogens (tertiary/aromatic N) is 2. The first-order valence-electron chi connectivity index (χ1n) is 7.61. The molecule has 0 unspecified atom stereocenters. The third-order valence-electron chi connectivity index (χ3n) is 3.34. The van der Waals surface area contributed by atoms with Gasteiger partial charge in [0, 0.05) is 19.3 Å². The Kier molecular flexibility index (Phi) is 5.07. The number of rotatable bonds is 5. The number of nitrogens with one attached hydrogen (secondary N) is 1. The minimum Gasteiger partial charge on any atom is -0.305 e. The number of hydrazine groups is 1. The Hall–Kier alpha value is -1.74. The molecule has 0 saturated carbocycles. The van der Waals surface area contributed by atoms with Gasteiger partial charge in [0.1, 0.15) is 0 Å². The molecular formula is C18H27N3. The molecule has 0 radical (unpaired) electrons. The molecular weight excluding hydrogens is 258 g/mol. The van der Waals surface area contributed by atoms with Crippen LogP contribution in [0, 0.1) is 12.8 Å². The molecule has 1 aromatic carbocycles. The summed E-state index contributed by atoms with van der Waals surface area (Å²) in [4.78, 5) is 2.20. The summed E-state index contributed by atoms with van der Waals surface area (Å²) in [6.07, 6.45) is 4.47. The Morgan fingerprint density at radius 1 is 1.14 bits per heavy atom. The first-order valence-corrected chi connectivity index (χ1v) is 7.61. The first-order chi connectivity index (χ1) is 9.94. The van der Waals surface area contributed by atoms with Crippen molar-refractivity contribution in [2.24, 2.45) is 5.92 Å². The second-order valence-corrected chi connectivity index (χ2v) is 6.52. The van der Waals surface area contributed by atoms with Gasteiger partial charge < -0.3 is 4.90 Å². The molecule has 114 valence electrons. The fourth-order valence-corrected chi connectivity index (χ4v) is 2.47. The molecule has 0 saturated heterocycles. The van der Waals surface area contributed by atoms with Gasteiger partial charge in [0.05, 0.1) is 5.70 Å². The van der Waals surface area contributed by atoms with Gasteiger partial charge in [0.2, 0.25) is 0 Å². The Balaban J connectivity index is 2.24. The van der Waals surface area contributed by atoms with Crippen LogP contribution in [0.4, 0.5) is 0 Å². The average molecular weight is 285 g/mol. The number of benzene rings is 1. The highest BCUT2D eigenvalue weighted by Gasteiger charge is 2.14. The van der Waals surface area contributed by atoms with Gasteiger partial charge in [0.15, 0.2) is 0 Å².